The molecule has 3 aliphatic rings. The van der Waals surface area contributed by atoms with Crippen molar-refractivity contribution in [2.45, 2.75) is 51.0 Å². The minimum Gasteiger partial charge on any atom is -0.493 e. The number of ether oxygens (including phenoxy) is 2. The third-order valence-corrected chi connectivity index (χ3v) is 7.33. The Morgan fingerprint density at radius 1 is 0.882 bits per heavy atom. The molecule has 0 spiro atoms. The highest BCUT2D eigenvalue weighted by atomic mass is 35.5. The van der Waals surface area contributed by atoms with Crippen molar-refractivity contribution in [3.05, 3.63) is 81.2 Å². The predicted molar refractivity (Wildman–Crippen MR) is 131 cm³/mol. The van der Waals surface area contributed by atoms with Crippen molar-refractivity contribution in [2.24, 2.45) is 0 Å². The molecule has 2 aromatic rings. The van der Waals surface area contributed by atoms with E-state index in [4.69, 9.17) is 21.1 Å². The fraction of sp³-hybridized carbons (Fsp3) is 0.357. The fourth-order valence-electron chi connectivity index (χ4n) is 5.41. The number of hydrogen-bond acceptors (Lipinski definition) is 5. The van der Waals surface area contributed by atoms with E-state index < -0.39 is 0 Å². The molecule has 6 heteroatoms. The van der Waals surface area contributed by atoms with Crippen LogP contribution in [0.3, 0.4) is 0 Å². The molecule has 0 saturated heterocycles. The van der Waals surface area contributed by atoms with Crippen LogP contribution in [0.5, 0.6) is 11.5 Å². The van der Waals surface area contributed by atoms with Gasteiger partial charge in [0.1, 0.15) is 6.61 Å². The Labute approximate surface area is 205 Å². The molecule has 0 bridgehead atoms. The maximum absolute atomic E-state index is 13.2. The van der Waals surface area contributed by atoms with Crippen molar-refractivity contribution in [2.75, 3.05) is 14.2 Å². The van der Waals surface area contributed by atoms with E-state index in [1.54, 1.807) is 7.11 Å². The molecule has 0 radical (unpaired) electrons. The van der Waals surface area contributed by atoms with Crippen LogP contribution in [0, 0.1) is 0 Å². The number of carbonyl (C=O) groups excluding carboxylic acids is 2. The van der Waals surface area contributed by atoms with Gasteiger partial charge in [-0.25, -0.2) is 0 Å². The van der Waals surface area contributed by atoms with Crippen molar-refractivity contribution < 1.29 is 19.1 Å². The van der Waals surface area contributed by atoms with Gasteiger partial charge >= 0.3 is 0 Å². The van der Waals surface area contributed by atoms with Crippen LogP contribution in [0.2, 0.25) is 5.02 Å². The van der Waals surface area contributed by atoms with E-state index in [0.29, 0.717) is 36.0 Å². The topological polar surface area (TPSA) is 55.8 Å². The molecular weight excluding hydrogens is 450 g/mol. The first-order chi connectivity index (χ1) is 16.5. The summed E-state index contributed by atoms with van der Waals surface area (Å²) < 4.78 is 11.7. The second kappa shape index (κ2) is 9.30. The van der Waals surface area contributed by atoms with Crippen molar-refractivity contribution in [3.8, 4) is 11.5 Å². The number of nitrogens with zero attached hydrogens (tertiary/aromatic N) is 1. The van der Waals surface area contributed by atoms with Crippen LogP contribution in [0.25, 0.3) is 0 Å². The van der Waals surface area contributed by atoms with Crippen LogP contribution >= 0.6 is 11.6 Å². The van der Waals surface area contributed by atoms with Gasteiger partial charge in [0.15, 0.2) is 23.1 Å². The van der Waals surface area contributed by atoms with Crippen LogP contribution in [0.15, 0.2) is 65.0 Å². The van der Waals surface area contributed by atoms with Gasteiger partial charge in [-0.3, -0.25) is 9.59 Å². The molecule has 5 rings (SSSR count). The first-order valence-electron chi connectivity index (χ1n) is 11.8. The summed E-state index contributed by atoms with van der Waals surface area (Å²) in [6.07, 6.45) is 4.48. The highest BCUT2D eigenvalue weighted by molar-refractivity contribution is 6.30. The number of carbonyl (C=O) groups is 2. The van der Waals surface area contributed by atoms with Crippen LogP contribution < -0.4 is 9.47 Å². The van der Waals surface area contributed by atoms with E-state index in [1.807, 2.05) is 49.5 Å². The number of methoxy groups -OCH3 is 1. The van der Waals surface area contributed by atoms with Crippen LogP contribution in [-0.4, -0.2) is 30.6 Å². The van der Waals surface area contributed by atoms with Crippen molar-refractivity contribution >= 4 is 23.2 Å². The predicted octanol–water partition coefficient (Wildman–Crippen LogP) is 5.97. The van der Waals surface area contributed by atoms with Gasteiger partial charge in [-0.2, -0.15) is 0 Å². The SMILES string of the molecule is COc1cc(C2C3=C(CCCC3=O)N(C)C3=C2C(=O)CCC3)ccc1OCc1ccc(Cl)cc1. The molecule has 34 heavy (non-hydrogen) atoms. The van der Waals surface area contributed by atoms with E-state index in [-0.39, 0.29) is 17.5 Å². The highest BCUT2D eigenvalue weighted by Crippen LogP contribution is 2.49. The van der Waals surface area contributed by atoms with Gasteiger partial charge < -0.3 is 14.4 Å². The molecule has 1 heterocycles. The number of Topliss-reactive ketones (excluding diaryl/α,β-unsaturated/α-hetero) is 2. The van der Waals surface area contributed by atoms with Crippen molar-refractivity contribution in [3.63, 3.8) is 0 Å². The van der Waals surface area contributed by atoms with Gasteiger partial charge in [-0.1, -0.05) is 29.8 Å². The number of halogens is 1. The van der Waals surface area contributed by atoms with Crippen LogP contribution in [-0.2, 0) is 16.2 Å². The van der Waals surface area contributed by atoms with Gasteiger partial charge in [0.2, 0.25) is 0 Å². The Bertz CT molecular complexity index is 1170. The first kappa shape index (κ1) is 22.7. The maximum Gasteiger partial charge on any atom is 0.161 e. The minimum atomic E-state index is -0.346. The van der Waals surface area contributed by atoms with Crippen molar-refractivity contribution in [1.82, 2.24) is 4.90 Å². The fourth-order valence-corrected chi connectivity index (χ4v) is 5.54. The zero-order chi connectivity index (χ0) is 23.8. The lowest BCUT2D eigenvalue weighted by molar-refractivity contribution is -0.117. The molecule has 0 atom stereocenters. The Hall–Kier alpha value is -3.05. The molecule has 2 aromatic carbocycles. The van der Waals surface area contributed by atoms with Gasteiger partial charge in [0.25, 0.3) is 0 Å². The summed E-state index contributed by atoms with van der Waals surface area (Å²) in [5.74, 6) is 1.14. The van der Waals surface area contributed by atoms with Crippen molar-refractivity contribution in [1.29, 1.82) is 0 Å². The molecular formula is C28H28ClNO4. The smallest absolute Gasteiger partial charge is 0.161 e. The zero-order valence-electron chi connectivity index (χ0n) is 19.5. The standard InChI is InChI=1S/C28H28ClNO4/c1-30-20-5-3-7-22(31)27(20)26(28-21(30)6-4-8-23(28)32)18-11-14-24(25(15-18)33-2)34-16-17-9-12-19(29)13-10-17/h9-15,26H,3-8,16H2,1-2H3. The quantitative estimate of drug-likeness (QED) is 0.531. The summed E-state index contributed by atoms with van der Waals surface area (Å²) in [6, 6.07) is 13.3. The molecule has 5 nitrogen and oxygen atoms in total. The maximum atomic E-state index is 13.2. The monoisotopic (exact) mass is 477 g/mol. The van der Waals surface area contributed by atoms with E-state index in [1.165, 1.54) is 0 Å². The van der Waals surface area contributed by atoms with E-state index in [9.17, 15) is 9.59 Å². The van der Waals surface area contributed by atoms with E-state index in [2.05, 4.69) is 4.90 Å². The highest BCUT2D eigenvalue weighted by Gasteiger charge is 2.42. The normalized spacial score (nSPS) is 18.7. The molecule has 0 N–H and O–H groups in total. The average molecular weight is 478 g/mol. The zero-order valence-corrected chi connectivity index (χ0v) is 20.3. The molecule has 0 unspecified atom stereocenters. The summed E-state index contributed by atoms with van der Waals surface area (Å²) in [6.45, 7) is 0.378. The number of benzene rings is 2. The third-order valence-electron chi connectivity index (χ3n) is 7.07. The Morgan fingerprint density at radius 3 is 2.09 bits per heavy atom. The second-order valence-electron chi connectivity index (χ2n) is 9.09. The van der Waals surface area contributed by atoms with Crippen LogP contribution in [0.1, 0.15) is 55.6 Å². The van der Waals surface area contributed by atoms with Gasteiger partial charge in [0, 0.05) is 53.4 Å². The van der Waals surface area contributed by atoms with Gasteiger partial charge in [-0.05, 0) is 61.1 Å². The lowest BCUT2D eigenvalue weighted by Crippen LogP contribution is -2.37. The molecule has 0 aromatic heterocycles. The van der Waals surface area contributed by atoms with Crippen LogP contribution in [0.4, 0.5) is 0 Å². The van der Waals surface area contributed by atoms with E-state index >= 15 is 0 Å². The Kier molecular flexibility index (Phi) is 6.22. The molecule has 2 aliphatic carbocycles. The second-order valence-corrected chi connectivity index (χ2v) is 9.53. The number of allylic oxidation sites excluding steroid dienone is 4. The first-order valence-corrected chi connectivity index (χ1v) is 12.2. The summed E-state index contributed by atoms with van der Waals surface area (Å²) in [5.41, 5.74) is 5.58. The largest absolute Gasteiger partial charge is 0.493 e. The minimum absolute atomic E-state index is 0.144. The average Bonchev–Trinajstić information content (AvgIpc) is 2.85. The lowest BCUT2D eigenvalue weighted by Gasteiger charge is -2.42. The summed E-state index contributed by atoms with van der Waals surface area (Å²) in [5, 5.41) is 0.681. The molecule has 176 valence electrons. The summed E-state index contributed by atoms with van der Waals surface area (Å²) >= 11 is 5.98. The third kappa shape index (κ3) is 4.03. The number of hydrogen-bond donors (Lipinski definition) is 0. The Balaban J connectivity index is 1.53. The molecule has 0 amide bonds. The van der Waals surface area contributed by atoms with Gasteiger partial charge in [0.05, 0.1) is 7.11 Å². The number of rotatable bonds is 5. The van der Waals surface area contributed by atoms with Gasteiger partial charge in [-0.15, -0.1) is 0 Å². The lowest BCUT2D eigenvalue weighted by atomic mass is 9.71. The number of ketones is 2. The summed E-state index contributed by atoms with van der Waals surface area (Å²) in [4.78, 5) is 28.4. The molecule has 0 fully saturated rings. The Morgan fingerprint density at radius 2 is 1.50 bits per heavy atom. The molecule has 1 aliphatic heterocycles. The van der Waals surface area contributed by atoms with E-state index in [0.717, 1.165) is 59.4 Å². The molecule has 0 saturated carbocycles. The summed E-state index contributed by atoms with van der Waals surface area (Å²) in [7, 11) is 3.61.